The third-order valence-corrected chi connectivity index (χ3v) is 4.65. The average Bonchev–Trinajstić information content (AvgIpc) is 3.06. The molecule has 0 saturated heterocycles. The molecule has 0 spiro atoms. The zero-order valence-corrected chi connectivity index (χ0v) is 17.1. The summed E-state index contributed by atoms with van der Waals surface area (Å²) in [5, 5.41) is 10.1. The van der Waals surface area contributed by atoms with E-state index in [1.807, 2.05) is 33.8 Å². The zero-order valence-electron chi connectivity index (χ0n) is 17.1. The summed E-state index contributed by atoms with van der Waals surface area (Å²) >= 11 is 0. The number of aromatic nitrogens is 3. The monoisotopic (exact) mass is 391 g/mol. The van der Waals surface area contributed by atoms with E-state index in [1.54, 1.807) is 41.1 Å². The maximum atomic E-state index is 12.7. The molecule has 0 saturated carbocycles. The van der Waals surface area contributed by atoms with Crippen LogP contribution in [0, 0.1) is 13.8 Å². The van der Waals surface area contributed by atoms with Gasteiger partial charge in [-0.1, -0.05) is 19.1 Å². The highest BCUT2D eigenvalue weighted by Crippen LogP contribution is 2.17. The lowest BCUT2D eigenvalue weighted by molar-refractivity contribution is 0.0940. The van der Waals surface area contributed by atoms with Gasteiger partial charge < -0.3 is 10.6 Å². The first-order valence-corrected chi connectivity index (χ1v) is 9.60. The Labute approximate surface area is 170 Å². The number of carbonyl (C=O) groups excluding carboxylic acids is 2. The number of benzene rings is 1. The molecule has 1 unspecified atom stereocenters. The second-order valence-electron chi connectivity index (χ2n) is 7.03. The Balaban J connectivity index is 1.77. The van der Waals surface area contributed by atoms with Gasteiger partial charge in [-0.3, -0.25) is 9.59 Å². The highest BCUT2D eigenvalue weighted by atomic mass is 16.2. The fourth-order valence-corrected chi connectivity index (χ4v) is 2.89. The van der Waals surface area contributed by atoms with Crippen LogP contribution in [0.1, 0.15) is 52.4 Å². The van der Waals surface area contributed by atoms with Crippen LogP contribution < -0.4 is 10.6 Å². The molecule has 2 heterocycles. The van der Waals surface area contributed by atoms with Crippen LogP contribution >= 0.6 is 0 Å². The topological polar surface area (TPSA) is 88.9 Å². The molecule has 1 aromatic carbocycles. The van der Waals surface area contributed by atoms with Crippen LogP contribution in [0.25, 0.3) is 5.82 Å². The Morgan fingerprint density at radius 3 is 2.48 bits per heavy atom. The van der Waals surface area contributed by atoms with E-state index in [2.05, 4.69) is 20.7 Å². The van der Waals surface area contributed by atoms with Crippen molar-refractivity contribution in [3.63, 3.8) is 0 Å². The Hall–Kier alpha value is -3.48. The fraction of sp³-hybridized carbons (Fsp3) is 0.273. The summed E-state index contributed by atoms with van der Waals surface area (Å²) in [5.74, 6) is 0.0925. The predicted octanol–water partition coefficient (Wildman–Crippen LogP) is 3.66. The van der Waals surface area contributed by atoms with E-state index < -0.39 is 0 Å². The van der Waals surface area contributed by atoms with E-state index in [9.17, 15) is 9.59 Å². The van der Waals surface area contributed by atoms with Crippen LogP contribution in [0.4, 0.5) is 5.69 Å². The van der Waals surface area contributed by atoms with Gasteiger partial charge >= 0.3 is 0 Å². The lowest BCUT2D eigenvalue weighted by atomic mass is 10.1. The fourth-order valence-electron chi connectivity index (χ4n) is 2.89. The smallest absolute Gasteiger partial charge is 0.257 e. The number of rotatable bonds is 6. The predicted molar refractivity (Wildman–Crippen MR) is 112 cm³/mol. The number of anilines is 1. The molecule has 3 rings (SSSR count). The van der Waals surface area contributed by atoms with E-state index in [0.717, 1.165) is 17.8 Å². The third kappa shape index (κ3) is 4.68. The number of hydrogen-bond donors (Lipinski definition) is 2. The van der Waals surface area contributed by atoms with Crippen LogP contribution in [0.15, 0.2) is 48.7 Å². The maximum absolute atomic E-state index is 12.7. The summed E-state index contributed by atoms with van der Waals surface area (Å²) in [6, 6.07) is 12.4. The van der Waals surface area contributed by atoms with Crippen molar-refractivity contribution in [3.8, 4) is 5.82 Å². The minimum atomic E-state index is -0.332. The van der Waals surface area contributed by atoms with Crippen LogP contribution in [0.5, 0.6) is 0 Å². The summed E-state index contributed by atoms with van der Waals surface area (Å²) in [7, 11) is 0. The molecule has 29 heavy (non-hydrogen) atoms. The van der Waals surface area contributed by atoms with E-state index in [-0.39, 0.29) is 17.9 Å². The third-order valence-electron chi connectivity index (χ3n) is 4.65. The first kappa shape index (κ1) is 20.3. The molecule has 150 valence electrons. The molecule has 2 N–H and O–H groups in total. The van der Waals surface area contributed by atoms with Crippen LogP contribution in [-0.2, 0) is 0 Å². The number of amides is 2. The summed E-state index contributed by atoms with van der Waals surface area (Å²) in [4.78, 5) is 29.5. The number of hydrogen-bond acceptors (Lipinski definition) is 4. The molecular weight excluding hydrogens is 366 g/mol. The molecule has 7 nitrogen and oxygen atoms in total. The molecule has 2 amide bonds. The molecule has 0 fully saturated rings. The molecule has 3 aromatic rings. The second-order valence-corrected chi connectivity index (χ2v) is 7.03. The number of pyridine rings is 1. The summed E-state index contributed by atoms with van der Waals surface area (Å²) in [5.41, 5.74) is 3.15. The molecule has 1 atom stereocenters. The van der Waals surface area contributed by atoms with Crippen molar-refractivity contribution in [1.82, 2.24) is 20.1 Å². The second kappa shape index (κ2) is 8.68. The first-order valence-electron chi connectivity index (χ1n) is 9.60. The van der Waals surface area contributed by atoms with Gasteiger partial charge in [0.1, 0.15) is 0 Å². The van der Waals surface area contributed by atoms with E-state index in [1.165, 1.54) is 6.20 Å². The minimum absolute atomic E-state index is 0.0531. The summed E-state index contributed by atoms with van der Waals surface area (Å²) in [6.07, 6.45) is 2.33. The van der Waals surface area contributed by atoms with Crippen LogP contribution in [0.2, 0.25) is 0 Å². The molecule has 0 aliphatic rings. The standard InChI is InChI=1S/C22H25N5O2/c1-5-14(2)24-22(29)18-8-6-7-9-19(18)25-21(28)17-10-11-20(23-13-17)27-16(4)12-15(3)26-27/h6-14H,5H2,1-4H3,(H,24,29)(H,25,28). The maximum Gasteiger partial charge on any atom is 0.257 e. The summed E-state index contributed by atoms with van der Waals surface area (Å²) in [6.45, 7) is 7.81. The SMILES string of the molecule is CCC(C)NC(=O)c1ccccc1NC(=O)c1ccc(-n2nc(C)cc2C)nc1. The van der Waals surface area contributed by atoms with Crippen molar-refractivity contribution in [3.05, 3.63) is 71.2 Å². The number of nitrogens with zero attached hydrogens (tertiary/aromatic N) is 3. The molecule has 0 bridgehead atoms. The van der Waals surface area contributed by atoms with Gasteiger partial charge in [0.15, 0.2) is 5.82 Å². The van der Waals surface area contributed by atoms with Crippen LogP contribution in [-0.4, -0.2) is 32.6 Å². The number of aryl methyl sites for hydroxylation is 2. The normalized spacial score (nSPS) is 11.7. The lowest BCUT2D eigenvalue weighted by Gasteiger charge is -2.14. The van der Waals surface area contributed by atoms with Gasteiger partial charge in [0.2, 0.25) is 0 Å². The van der Waals surface area contributed by atoms with Gasteiger partial charge in [0.05, 0.1) is 22.5 Å². The van der Waals surface area contributed by atoms with Crippen molar-refractivity contribution >= 4 is 17.5 Å². The van der Waals surface area contributed by atoms with Gasteiger partial charge in [-0.25, -0.2) is 9.67 Å². The first-order chi connectivity index (χ1) is 13.9. The van der Waals surface area contributed by atoms with Crippen molar-refractivity contribution in [2.75, 3.05) is 5.32 Å². The Kier molecular flexibility index (Phi) is 6.07. The highest BCUT2D eigenvalue weighted by molar-refractivity contribution is 6.08. The molecule has 0 radical (unpaired) electrons. The molecule has 2 aromatic heterocycles. The number of carbonyl (C=O) groups is 2. The van der Waals surface area contributed by atoms with Crippen molar-refractivity contribution < 1.29 is 9.59 Å². The van der Waals surface area contributed by atoms with Gasteiger partial charge in [-0.2, -0.15) is 5.10 Å². The van der Waals surface area contributed by atoms with E-state index >= 15 is 0 Å². The molecule has 0 aliphatic heterocycles. The van der Waals surface area contributed by atoms with E-state index in [0.29, 0.717) is 22.6 Å². The van der Waals surface area contributed by atoms with Crippen molar-refractivity contribution in [2.45, 2.75) is 40.2 Å². The van der Waals surface area contributed by atoms with Crippen LogP contribution in [0.3, 0.4) is 0 Å². The van der Waals surface area contributed by atoms with Gasteiger partial charge in [-0.15, -0.1) is 0 Å². The number of nitrogens with one attached hydrogen (secondary N) is 2. The minimum Gasteiger partial charge on any atom is -0.350 e. The van der Waals surface area contributed by atoms with Crippen molar-refractivity contribution in [2.24, 2.45) is 0 Å². The molecular formula is C22H25N5O2. The Morgan fingerprint density at radius 1 is 1.10 bits per heavy atom. The Bertz CT molecular complexity index is 1020. The quantitative estimate of drug-likeness (QED) is 0.671. The van der Waals surface area contributed by atoms with E-state index in [4.69, 9.17) is 0 Å². The lowest BCUT2D eigenvalue weighted by Crippen LogP contribution is -2.32. The average molecular weight is 391 g/mol. The van der Waals surface area contributed by atoms with Crippen molar-refractivity contribution in [1.29, 1.82) is 0 Å². The largest absolute Gasteiger partial charge is 0.350 e. The van der Waals surface area contributed by atoms with Gasteiger partial charge in [0.25, 0.3) is 11.8 Å². The molecule has 7 heteroatoms. The summed E-state index contributed by atoms with van der Waals surface area (Å²) < 4.78 is 1.73. The highest BCUT2D eigenvalue weighted by Gasteiger charge is 2.16. The van der Waals surface area contributed by atoms with Gasteiger partial charge in [0, 0.05) is 17.9 Å². The molecule has 0 aliphatic carbocycles. The Morgan fingerprint density at radius 2 is 1.86 bits per heavy atom. The van der Waals surface area contributed by atoms with Gasteiger partial charge in [-0.05, 0) is 57.5 Å². The number of para-hydroxylation sites is 1. The zero-order chi connectivity index (χ0) is 21.0.